The van der Waals surface area contributed by atoms with E-state index < -0.39 is 0 Å². The third-order valence-electron chi connectivity index (χ3n) is 9.23. The Kier molecular flexibility index (Phi) is 3.72. The van der Waals surface area contributed by atoms with E-state index in [1.165, 1.54) is 32.1 Å². The van der Waals surface area contributed by atoms with Crippen LogP contribution < -0.4 is 0 Å². The van der Waals surface area contributed by atoms with E-state index in [9.17, 15) is 9.90 Å². The maximum absolute atomic E-state index is 12.2. The fourth-order valence-electron chi connectivity index (χ4n) is 7.84. The van der Waals surface area contributed by atoms with E-state index in [2.05, 4.69) is 20.8 Å². The molecule has 2 nitrogen and oxygen atoms in total. The van der Waals surface area contributed by atoms with Gasteiger partial charge in [-0.2, -0.15) is 0 Å². The Bertz CT molecular complexity index is 488. The first-order valence-corrected chi connectivity index (χ1v) is 10.1. The third kappa shape index (κ3) is 2.06. The first-order chi connectivity index (χ1) is 10.9. The molecule has 0 aromatic heterocycles. The molecular weight excluding hydrogens is 284 g/mol. The summed E-state index contributed by atoms with van der Waals surface area (Å²) in [5, 5.41) is 10.6. The smallest absolute Gasteiger partial charge is 0.133 e. The van der Waals surface area contributed by atoms with Crippen molar-refractivity contribution in [2.45, 2.75) is 84.7 Å². The predicted molar refractivity (Wildman–Crippen MR) is 91.9 cm³/mol. The Labute approximate surface area is 141 Å². The molecular formula is C21H34O2. The summed E-state index contributed by atoms with van der Waals surface area (Å²) in [6.07, 6.45) is 10.1. The van der Waals surface area contributed by atoms with Crippen molar-refractivity contribution in [1.29, 1.82) is 0 Å². The van der Waals surface area contributed by atoms with Gasteiger partial charge in [-0.1, -0.05) is 27.2 Å². The molecule has 8 atom stereocenters. The van der Waals surface area contributed by atoms with Crippen LogP contribution in [0.25, 0.3) is 0 Å². The zero-order chi connectivity index (χ0) is 16.4. The monoisotopic (exact) mass is 318 g/mol. The van der Waals surface area contributed by atoms with Crippen LogP contribution in [0.15, 0.2) is 0 Å². The lowest BCUT2D eigenvalue weighted by Gasteiger charge is -2.62. The van der Waals surface area contributed by atoms with Crippen LogP contribution in [0.4, 0.5) is 0 Å². The minimum atomic E-state index is -0.0751. The molecule has 4 saturated carbocycles. The third-order valence-corrected chi connectivity index (χ3v) is 9.23. The van der Waals surface area contributed by atoms with Gasteiger partial charge in [-0.3, -0.25) is 4.79 Å². The largest absolute Gasteiger partial charge is 0.393 e. The number of carbonyl (C=O) groups is 1. The molecule has 1 N–H and O–H groups in total. The molecule has 4 rings (SSSR count). The van der Waals surface area contributed by atoms with Gasteiger partial charge in [0.1, 0.15) is 5.78 Å². The maximum Gasteiger partial charge on any atom is 0.133 e. The highest BCUT2D eigenvalue weighted by atomic mass is 16.3. The standard InChI is InChI=1S/C21H34O2/c1-4-13-11-15(22)12-14-5-6-16-17-7-8-19(23)20(17,2)10-9-18(16)21(13,14)3/h13-14,16-19,23H,4-12H2,1-3H3/t13?,14?,16-,17-,18+,19?,20-,21-/m0/s1. The molecule has 0 spiro atoms. The van der Waals surface area contributed by atoms with Crippen LogP contribution in [-0.2, 0) is 4.79 Å². The number of rotatable bonds is 1. The van der Waals surface area contributed by atoms with Crippen LogP contribution in [0.2, 0.25) is 0 Å². The van der Waals surface area contributed by atoms with E-state index in [0.29, 0.717) is 23.0 Å². The summed E-state index contributed by atoms with van der Waals surface area (Å²) in [4.78, 5) is 12.2. The van der Waals surface area contributed by atoms with Gasteiger partial charge in [0.25, 0.3) is 0 Å². The van der Waals surface area contributed by atoms with Gasteiger partial charge >= 0.3 is 0 Å². The molecule has 0 heterocycles. The minimum Gasteiger partial charge on any atom is -0.393 e. The first kappa shape index (κ1) is 16.1. The summed E-state index contributed by atoms with van der Waals surface area (Å²) in [5.41, 5.74) is 0.553. The van der Waals surface area contributed by atoms with Crippen molar-refractivity contribution in [1.82, 2.24) is 0 Å². The molecule has 0 amide bonds. The van der Waals surface area contributed by atoms with Gasteiger partial charge in [-0.25, -0.2) is 0 Å². The number of aliphatic hydroxyl groups excluding tert-OH is 1. The number of hydrogen-bond acceptors (Lipinski definition) is 2. The highest BCUT2D eigenvalue weighted by molar-refractivity contribution is 5.80. The fourth-order valence-corrected chi connectivity index (χ4v) is 7.84. The fraction of sp³-hybridized carbons (Fsp3) is 0.952. The quantitative estimate of drug-likeness (QED) is 0.767. The van der Waals surface area contributed by atoms with E-state index in [1.807, 2.05) is 0 Å². The van der Waals surface area contributed by atoms with E-state index >= 15 is 0 Å². The van der Waals surface area contributed by atoms with Crippen molar-refractivity contribution < 1.29 is 9.90 Å². The Morgan fingerprint density at radius 2 is 1.83 bits per heavy atom. The van der Waals surface area contributed by atoms with E-state index in [-0.39, 0.29) is 11.5 Å². The van der Waals surface area contributed by atoms with Crippen LogP contribution in [-0.4, -0.2) is 17.0 Å². The van der Waals surface area contributed by atoms with Gasteiger partial charge in [-0.15, -0.1) is 0 Å². The molecule has 0 aromatic rings. The SMILES string of the molecule is CCC1CC(=O)CC2CC[C@@H]3[C@@H](CC[C@]4(C)C(O)CC[C@@H]34)[C@@]12C. The van der Waals surface area contributed by atoms with Gasteiger partial charge < -0.3 is 5.11 Å². The van der Waals surface area contributed by atoms with Crippen molar-refractivity contribution >= 4 is 5.78 Å². The first-order valence-electron chi connectivity index (χ1n) is 10.1. The Morgan fingerprint density at radius 3 is 2.57 bits per heavy atom. The molecule has 0 aliphatic heterocycles. The lowest BCUT2D eigenvalue weighted by atomic mass is 9.42. The van der Waals surface area contributed by atoms with E-state index in [1.54, 1.807) is 0 Å². The van der Waals surface area contributed by atoms with E-state index in [4.69, 9.17) is 0 Å². The second-order valence-corrected chi connectivity index (χ2v) is 9.71. The van der Waals surface area contributed by atoms with Crippen LogP contribution in [0.3, 0.4) is 0 Å². The molecule has 130 valence electrons. The summed E-state index contributed by atoms with van der Waals surface area (Å²) in [7, 11) is 0. The van der Waals surface area contributed by atoms with Crippen molar-refractivity contribution in [3.8, 4) is 0 Å². The molecule has 3 unspecified atom stereocenters. The summed E-state index contributed by atoms with van der Waals surface area (Å²) >= 11 is 0. The molecule has 4 aliphatic carbocycles. The molecule has 4 fully saturated rings. The summed E-state index contributed by atoms with van der Waals surface area (Å²) in [5.74, 6) is 4.07. The zero-order valence-electron chi connectivity index (χ0n) is 15.2. The molecule has 0 aromatic carbocycles. The summed E-state index contributed by atoms with van der Waals surface area (Å²) < 4.78 is 0. The van der Waals surface area contributed by atoms with E-state index in [0.717, 1.165) is 43.4 Å². The number of hydrogen-bond donors (Lipinski definition) is 1. The molecule has 23 heavy (non-hydrogen) atoms. The predicted octanol–water partition coefficient (Wildman–Crippen LogP) is 4.60. The molecule has 0 saturated heterocycles. The number of ketones is 1. The van der Waals surface area contributed by atoms with Crippen LogP contribution >= 0.6 is 0 Å². The topological polar surface area (TPSA) is 37.3 Å². The lowest BCUT2D eigenvalue weighted by molar-refractivity contribution is -0.157. The highest BCUT2D eigenvalue weighted by Crippen LogP contribution is 2.67. The summed E-state index contributed by atoms with van der Waals surface area (Å²) in [6.45, 7) is 7.20. The van der Waals surface area contributed by atoms with Gasteiger partial charge in [-0.05, 0) is 78.9 Å². The highest BCUT2D eigenvalue weighted by Gasteiger charge is 2.61. The van der Waals surface area contributed by atoms with Crippen molar-refractivity contribution in [3.63, 3.8) is 0 Å². The van der Waals surface area contributed by atoms with Gasteiger partial charge in [0.15, 0.2) is 0 Å². The average molecular weight is 319 g/mol. The van der Waals surface area contributed by atoms with Gasteiger partial charge in [0.05, 0.1) is 6.10 Å². The van der Waals surface area contributed by atoms with Crippen molar-refractivity contribution in [2.24, 2.45) is 40.4 Å². The molecule has 0 bridgehead atoms. The maximum atomic E-state index is 12.2. The molecule has 4 aliphatic rings. The van der Waals surface area contributed by atoms with Crippen molar-refractivity contribution in [3.05, 3.63) is 0 Å². The summed E-state index contributed by atoms with van der Waals surface area (Å²) in [6, 6.07) is 0. The second-order valence-electron chi connectivity index (χ2n) is 9.71. The second kappa shape index (κ2) is 5.31. The number of fused-ring (bicyclic) bond motifs is 5. The molecule has 0 radical (unpaired) electrons. The van der Waals surface area contributed by atoms with Crippen LogP contribution in [0.1, 0.15) is 78.6 Å². The van der Waals surface area contributed by atoms with Crippen molar-refractivity contribution in [2.75, 3.05) is 0 Å². The normalized spacial score (nSPS) is 55.9. The number of aliphatic hydroxyl groups is 1. The minimum absolute atomic E-state index is 0.0751. The Morgan fingerprint density at radius 1 is 1.04 bits per heavy atom. The Hall–Kier alpha value is -0.370. The lowest BCUT2D eigenvalue weighted by Crippen LogP contribution is -2.57. The van der Waals surface area contributed by atoms with Crippen LogP contribution in [0, 0.1) is 40.4 Å². The van der Waals surface area contributed by atoms with Gasteiger partial charge in [0, 0.05) is 12.8 Å². The number of Topliss-reactive ketones (excluding diaryl/α,β-unsaturated/α-hetero) is 1. The molecule has 2 heteroatoms. The van der Waals surface area contributed by atoms with Crippen LogP contribution in [0.5, 0.6) is 0 Å². The Balaban J connectivity index is 1.68. The van der Waals surface area contributed by atoms with Gasteiger partial charge in [0.2, 0.25) is 0 Å². The zero-order valence-corrected chi connectivity index (χ0v) is 15.2. The number of carbonyl (C=O) groups excluding carboxylic acids is 1. The average Bonchev–Trinajstić information content (AvgIpc) is 2.83.